The monoisotopic (exact) mass is 395 g/mol. The van der Waals surface area contributed by atoms with Crippen LogP contribution < -0.4 is 5.32 Å². The number of hydrogen-bond acceptors (Lipinski definition) is 6. The molecule has 1 aromatic heterocycles. The Kier molecular flexibility index (Phi) is 4.35. The number of phenols is 1. The number of ketones is 1. The largest absolute Gasteiger partial charge is 0.510 e. The van der Waals surface area contributed by atoms with Gasteiger partial charge in [0.15, 0.2) is 5.78 Å². The summed E-state index contributed by atoms with van der Waals surface area (Å²) in [5, 5.41) is 35.3. The predicted molar refractivity (Wildman–Crippen MR) is 111 cm³/mol. The van der Waals surface area contributed by atoms with Crippen LogP contribution in [0.2, 0.25) is 0 Å². The van der Waals surface area contributed by atoms with Crippen molar-refractivity contribution in [3.63, 3.8) is 0 Å². The molecule has 6 nitrogen and oxygen atoms in total. The first kappa shape index (κ1) is 19.3. The van der Waals surface area contributed by atoms with E-state index in [-0.39, 0.29) is 22.9 Å². The van der Waals surface area contributed by atoms with E-state index in [0.29, 0.717) is 34.4 Å². The SMILES string of the molecule is CC(C)=CCc1c2c(c(O)c3cc(C(C)(C)O)oc13)C(=O)C1C=CC=C(O)C1N2. The topological polar surface area (TPSA) is 103 Å². The van der Waals surface area contributed by atoms with E-state index in [0.717, 1.165) is 5.57 Å². The number of nitrogens with one attached hydrogen (secondary N) is 1. The Morgan fingerprint density at radius 1 is 1.31 bits per heavy atom. The van der Waals surface area contributed by atoms with Crippen molar-refractivity contribution in [2.45, 2.75) is 45.8 Å². The van der Waals surface area contributed by atoms with E-state index >= 15 is 0 Å². The number of allylic oxidation sites excluding steroid dienone is 4. The minimum absolute atomic E-state index is 0.0703. The molecule has 4 rings (SSSR count). The quantitative estimate of drug-likeness (QED) is 0.572. The maximum atomic E-state index is 13.3. The fourth-order valence-corrected chi connectivity index (χ4v) is 3.91. The molecule has 0 bridgehead atoms. The molecular weight excluding hydrogens is 370 g/mol. The van der Waals surface area contributed by atoms with Crippen molar-refractivity contribution in [3.8, 4) is 5.75 Å². The normalized spacial score (nSPS) is 20.7. The molecule has 29 heavy (non-hydrogen) atoms. The minimum Gasteiger partial charge on any atom is -0.510 e. The molecule has 2 unspecified atom stereocenters. The summed E-state index contributed by atoms with van der Waals surface area (Å²) >= 11 is 0. The van der Waals surface area contributed by atoms with Crippen LogP contribution in [0.4, 0.5) is 5.69 Å². The van der Waals surface area contributed by atoms with E-state index in [1.54, 1.807) is 38.1 Å². The van der Waals surface area contributed by atoms with Crippen LogP contribution in [0, 0.1) is 5.92 Å². The number of Topliss-reactive ketones (excluding diaryl/α,β-unsaturated/α-hetero) is 1. The van der Waals surface area contributed by atoms with E-state index in [1.807, 2.05) is 19.9 Å². The van der Waals surface area contributed by atoms with Crippen LogP contribution in [-0.4, -0.2) is 27.1 Å². The highest BCUT2D eigenvalue weighted by molar-refractivity contribution is 6.14. The highest BCUT2D eigenvalue weighted by Gasteiger charge is 2.41. The second-order valence-corrected chi connectivity index (χ2v) is 8.46. The molecule has 6 heteroatoms. The molecule has 2 aliphatic rings. The number of furan rings is 1. The molecule has 152 valence electrons. The van der Waals surface area contributed by atoms with Crippen LogP contribution in [0.5, 0.6) is 5.75 Å². The van der Waals surface area contributed by atoms with Crippen LogP contribution >= 0.6 is 0 Å². The smallest absolute Gasteiger partial charge is 0.178 e. The lowest BCUT2D eigenvalue weighted by Gasteiger charge is -2.34. The van der Waals surface area contributed by atoms with Gasteiger partial charge in [-0.15, -0.1) is 0 Å². The highest BCUT2D eigenvalue weighted by Crippen LogP contribution is 2.47. The highest BCUT2D eigenvalue weighted by atomic mass is 16.4. The second kappa shape index (κ2) is 6.52. The zero-order valence-corrected chi connectivity index (χ0v) is 16.9. The predicted octanol–water partition coefficient (Wildman–Crippen LogP) is 4.48. The van der Waals surface area contributed by atoms with Gasteiger partial charge < -0.3 is 25.1 Å². The van der Waals surface area contributed by atoms with Gasteiger partial charge in [0, 0.05) is 5.56 Å². The third kappa shape index (κ3) is 3.04. The van der Waals surface area contributed by atoms with Crippen LogP contribution in [0.3, 0.4) is 0 Å². The van der Waals surface area contributed by atoms with Crippen molar-refractivity contribution in [1.82, 2.24) is 0 Å². The number of phenolic OH excluding ortho intramolecular Hbond substituents is 1. The van der Waals surface area contributed by atoms with Gasteiger partial charge in [-0.1, -0.05) is 23.8 Å². The average molecular weight is 395 g/mol. The van der Waals surface area contributed by atoms with Crippen molar-refractivity contribution in [3.05, 3.63) is 58.6 Å². The van der Waals surface area contributed by atoms with E-state index in [9.17, 15) is 20.1 Å². The summed E-state index contributed by atoms with van der Waals surface area (Å²) in [4.78, 5) is 13.3. The Labute approximate surface area is 168 Å². The third-order valence-electron chi connectivity index (χ3n) is 5.48. The summed E-state index contributed by atoms with van der Waals surface area (Å²) in [6, 6.07) is 0.996. The molecule has 2 heterocycles. The first-order valence-corrected chi connectivity index (χ1v) is 9.65. The van der Waals surface area contributed by atoms with E-state index in [1.165, 1.54) is 0 Å². The van der Waals surface area contributed by atoms with Gasteiger partial charge in [-0.05, 0) is 46.3 Å². The van der Waals surface area contributed by atoms with Crippen molar-refractivity contribution in [2.75, 3.05) is 5.32 Å². The van der Waals surface area contributed by atoms with Gasteiger partial charge in [0.2, 0.25) is 0 Å². The van der Waals surface area contributed by atoms with Crippen LogP contribution in [-0.2, 0) is 12.0 Å². The van der Waals surface area contributed by atoms with Gasteiger partial charge in [-0.3, -0.25) is 4.79 Å². The van der Waals surface area contributed by atoms with Gasteiger partial charge >= 0.3 is 0 Å². The number of aliphatic hydroxyl groups is 2. The fraction of sp³-hybridized carbons (Fsp3) is 0.348. The third-order valence-corrected chi connectivity index (χ3v) is 5.48. The maximum absolute atomic E-state index is 13.3. The van der Waals surface area contributed by atoms with Crippen molar-refractivity contribution in [2.24, 2.45) is 5.92 Å². The van der Waals surface area contributed by atoms with Gasteiger partial charge in [-0.25, -0.2) is 0 Å². The summed E-state index contributed by atoms with van der Waals surface area (Å²) in [6.07, 6.45) is 7.40. The zero-order valence-electron chi connectivity index (χ0n) is 16.9. The molecule has 2 aromatic rings. The molecule has 1 aromatic carbocycles. The lowest BCUT2D eigenvalue weighted by atomic mass is 9.80. The number of aliphatic hydroxyl groups excluding tert-OH is 1. The van der Waals surface area contributed by atoms with Gasteiger partial charge in [0.05, 0.1) is 28.6 Å². The van der Waals surface area contributed by atoms with Crippen LogP contribution in [0.25, 0.3) is 11.0 Å². The van der Waals surface area contributed by atoms with Crippen molar-refractivity contribution >= 4 is 22.4 Å². The summed E-state index contributed by atoms with van der Waals surface area (Å²) in [7, 11) is 0. The standard InChI is InChI=1S/C23H25NO5/c1-11(2)8-9-13-19-17(20(26)12-6-5-7-15(25)18(12)24-19)21(27)14-10-16(23(3,4)28)29-22(13)14/h5-8,10,12,18,24-25,27-28H,9H2,1-4H3. The summed E-state index contributed by atoms with van der Waals surface area (Å²) in [6.45, 7) is 7.15. The maximum Gasteiger partial charge on any atom is 0.178 e. The summed E-state index contributed by atoms with van der Waals surface area (Å²) in [5.74, 6) is -0.665. The van der Waals surface area contributed by atoms with E-state index in [2.05, 4.69) is 5.32 Å². The molecule has 0 saturated carbocycles. The van der Waals surface area contributed by atoms with Crippen molar-refractivity contribution in [1.29, 1.82) is 0 Å². The average Bonchev–Trinajstić information content (AvgIpc) is 3.08. The summed E-state index contributed by atoms with van der Waals surface area (Å²) < 4.78 is 5.96. The van der Waals surface area contributed by atoms with Crippen LogP contribution in [0.15, 0.2) is 46.1 Å². The second-order valence-electron chi connectivity index (χ2n) is 8.46. The molecule has 0 radical (unpaired) electrons. The molecule has 0 fully saturated rings. The Hall–Kier alpha value is -2.99. The lowest BCUT2D eigenvalue weighted by Crippen LogP contribution is -2.41. The Morgan fingerprint density at radius 3 is 2.69 bits per heavy atom. The molecular formula is C23H25NO5. The Balaban J connectivity index is 2.03. The number of aromatic hydroxyl groups is 1. The van der Waals surface area contributed by atoms with Crippen LogP contribution in [0.1, 0.15) is 49.4 Å². The van der Waals surface area contributed by atoms with Gasteiger partial charge in [0.25, 0.3) is 0 Å². The number of fused-ring (bicyclic) bond motifs is 3. The zero-order chi connectivity index (χ0) is 21.1. The van der Waals surface area contributed by atoms with E-state index < -0.39 is 17.6 Å². The molecule has 2 atom stereocenters. The minimum atomic E-state index is -1.24. The molecule has 0 amide bonds. The lowest BCUT2D eigenvalue weighted by molar-refractivity contribution is 0.0558. The summed E-state index contributed by atoms with van der Waals surface area (Å²) in [5.41, 5.74) is 1.64. The van der Waals surface area contributed by atoms with Crippen molar-refractivity contribution < 1.29 is 24.5 Å². The number of rotatable bonds is 3. The number of hydrogen-bond donors (Lipinski definition) is 4. The number of carbonyl (C=O) groups is 1. The first-order valence-electron chi connectivity index (χ1n) is 9.65. The number of carbonyl (C=O) groups excluding carboxylic acids is 1. The molecule has 4 N–H and O–H groups in total. The van der Waals surface area contributed by atoms with E-state index in [4.69, 9.17) is 4.42 Å². The Morgan fingerprint density at radius 2 is 2.03 bits per heavy atom. The number of benzene rings is 1. The fourth-order valence-electron chi connectivity index (χ4n) is 3.91. The van der Waals surface area contributed by atoms with Gasteiger partial charge in [0.1, 0.15) is 28.5 Å². The molecule has 1 aliphatic carbocycles. The first-order chi connectivity index (χ1) is 13.6. The molecule has 0 spiro atoms. The Bertz CT molecular complexity index is 1110. The molecule has 1 aliphatic heterocycles. The van der Waals surface area contributed by atoms with Gasteiger partial charge in [-0.2, -0.15) is 0 Å². The molecule has 0 saturated heterocycles. The number of anilines is 1.